The van der Waals surface area contributed by atoms with Crippen molar-refractivity contribution >= 4 is 43.6 Å². The Hall–Kier alpha value is -0.720. The van der Waals surface area contributed by atoms with Gasteiger partial charge in [0.05, 0.1) is 4.83 Å². The molecule has 6 heteroatoms. The van der Waals surface area contributed by atoms with Crippen molar-refractivity contribution in [2.24, 2.45) is 0 Å². The number of carbonyl (C=O) groups excluding carboxylic acids is 1. The Balaban J connectivity index is 3.42. The molecule has 0 fully saturated rings. The average Bonchev–Trinajstić information content (AvgIpc) is 2.35. The van der Waals surface area contributed by atoms with E-state index in [1.54, 1.807) is 18.2 Å². The highest BCUT2D eigenvalue weighted by Crippen LogP contribution is 2.33. The zero-order valence-corrected chi connectivity index (χ0v) is 12.7. The van der Waals surface area contributed by atoms with E-state index < -0.39 is 16.9 Å². The van der Waals surface area contributed by atoms with E-state index in [9.17, 15) is 14.7 Å². The molecule has 0 spiro atoms. The summed E-state index contributed by atoms with van der Waals surface area (Å²) in [4.78, 5) is 21.7. The van der Waals surface area contributed by atoms with Crippen molar-refractivity contribution in [1.82, 2.24) is 0 Å². The van der Waals surface area contributed by atoms with Crippen molar-refractivity contribution in [2.75, 3.05) is 0 Å². The molecule has 0 radical (unpaired) electrons. The Bertz CT molecular complexity index is 473. The van der Waals surface area contributed by atoms with Gasteiger partial charge in [-0.25, -0.2) is 4.79 Å². The van der Waals surface area contributed by atoms with Crippen molar-refractivity contribution in [3.8, 4) is 0 Å². The number of carboxylic acids is 1. The maximum Gasteiger partial charge on any atom is 0.337 e. The summed E-state index contributed by atoms with van der Waals surface area (Å²) < 4.78 is 0. The summed E-state index contributed by atoms with van der Waals surface area (Å²) in [5, 5.41) is 19.1. The third-order valence-electron chi connectivity index (χ3n) is 2.51. The number of ketones is 1. The molecule has 0 heterocycles. The van der Waals surface area contributed by atoms with E-state index in [2.05, 4.69) is 31.9 Å². The number of hydrogen-bond donors (Lipinski definition) is 2. The summed E-state index contributed by atoms with van der Waals surface area (Å²) in [6.45, 7) is 1.40. The van der Waals surface area contributed by atoms with Crippen molar-refractivity contribution < 1.29 is 19.8 Å². The number of carboxylic acid groups (broad SMARTS) is 1. The minimum Gasteiger partial charge on any atom is -0.479 e. The van der Waals surface area contributed by atoms with E-state index in [4.69, 9.17) is 5.11 Å². The number of aliphatic carboxylic acids is 1. The lowest BCUT2D eigenvalue weighted by atomic mass is 9.94. The Morgan fingerprint density at radius 3 is 2.44 bits per heavy atom. The smallest absolute Gasteiger partial charge is 0.337 e. The third kappa shape index (κ3) is 3.18. The molecule has 0 aromatic heterocycles. The lowest BCUT2D eigenvalue weighted by molar-refractivity contribution is -0.147. The largest absolute Gasteiger partial charge is 0.479 e. The molecular weight excluding hydrogens is 368 g/mol. The molecule has 2 unspecified atom stereocenters. The molecule has 0 aliphatic rings. The summed E-state index contributed by atoms with van der Waals surface area (Å²) >= 11 is 6.45. The number of rotatable bonds is 5. The maximum absolute atomic E-state index is 11.4. The van der Waals surface area contributed by atoms with Crippen molar-refractivity contribution in [3.63, 3.8) is 0 Å². The standard InChI is InChI=1S/C12H12Br2O4/c1-6(15)10(14)8-4-2-3-7(5-13)9(8)11(16)12(17)18/h2-4,10-11,16H,5H2,1H3,(H,17,18). The highest BCUT2D eigenvalue weighted by molar-refractivity contribution is 9.09. The molecule has 2 N–H and O–H groups in total. The van der Waals surface area contributed by atoms with Gasteiger partial charge in [-0.15, -0.1) is 0 Å². The molecule has 0 amide bonds. The Kier molecular flexibility index (Phi) is 5.49. The number of aliphatic hydroxyl groups is 1. The lowest BCUT2D eigenvalue weighted by Crippen LogP contribution is -2.17. The molecule has 4 nitrogen and oxygen atoms in total. The van der Waals surface area contributed by atoms with Crippen LogP contribution in [0.25, 0.3) is 0 Å². The predicted molar refractivity (Wildman–Crippen MR) is 74.0 cm³/mol. The molecule has 18 heavy (non-hydrogen) atoms. The first-order chi connectivity index (χ1) is 8.40. The lowest BCUT2D eigenvalue weighted by Gasteiger charge is -2.18. The molecule has 0 aliphatic carbocycles. The first kappa shape index (κ1) is 15.3. The summed E-state index contributed by atoms with van der Waals surface area (Å²) in [7, 11) is 0. The molecule has 2 atom stereocenters. The fraction of sp³-hybridized carbons (Fsp3) is 0.333. The highest BCUT2D eigenvalue weighted by Gasteiger charge is 2.26. The van der Waals surface area contributed by atoms with Crippen molar-refractivity contribution in [1.29, 1.82) is 0 Å². The van der Waals surface area contributed by atoms with Gasteiger partial charge < -0.3 is 10.2 Å². The van der Waals surface area contributed by atoms with Crippen LogP contribution in [-0.2, 0) is 14.9 Å². The second kappa shape index (κ2) is 6.45. The number of aliphatic hydroxyl groups excluding tert-OH is 1. The van der Waals surface area contributed by atoms with E-state index in [1.807, 2.05) is 0 Å². The van der Waals surface area contributed by atoms with E-state index >= 15 is 0 Å². The zero-order valence-electron chi connectivity index (χ0n) is 9.56. The number of alkyl halides is 2. The van der Waals surface area contributed by atoms with Crippen LogP contribution in [0.4, 0.5) is 0 Å². The van der Waals surface area contributed by atoms with Gasteiger partial charge in [0.1, 0.15) is 5.78 Å². The number of benzene rings is 1. The second-order valence-electron chi connectivity index (χ2n) is 3.77. The van der Waals surface area contributed by atoms with Gasteiger partial charge in [-0.1, -0.05) is 50.1 Å². The summed E-state index contributed by atoms with van der Waals surface area (Å²) in [6.07, 6.45) is -1.65. The zero-order chi connectivity index (χ0) is 13.9. The van der Waals surface area contributed by atoms with Gasteiger partial charge in [0.25, 0.3) is 0 Å². The summed E-state index contributed by atoms with van der Waals surface area (Å²) in [5.74, 6) is -1.49. The van der Waals surface area contributed by atoms with Crippen LogP contribution in [0.1, 0.15) is 34.5 Å². The van der Waals surface area contributed by atoms with Crippen LogP contribution < -0.4 is 0 Å². The molecule has 0 aliphatic heterocycles. The first-order valence-corrected chi connectivity index (χ1v) is 7.16. The van der Waals surface area contributed by atoms with Crippen LogP contribution in [0, 0.1) is 0 Å². The molecule has 1 aromatic carbocycles. The van der Waals surface area contributed by atoms with Crippen LogP contribution in [0.5, 0.6) is 0 Å². The normalized spacial score (nSPS) is 14.0. The number of Topliss-reactive ketones (excluding diaryl/α,β-unsaturated/α-hetero) is 1. The van der Waals surface area contributed by atoms with Gasteiger partial charge in [0, 0.05) is 10.9 Å². The topological polar surface area (TPSA) is 74.6 Å². The van der Waals surface area contributed by atoms with Gasteiger partial charge >= 0.3 is 5.97 Å². The second-order valence-corrected chi connectivity index (χ2v) is 5.24. The maximum atomic E-state index is 11.4. The van der Waals surface area contributed by atoms with E-state index in [-0.39, 0.29) is 11.3 Å². The molecule has 0 saturated carbocycles. The molecule has 1 rings (SSSR count). The average molecular weight is 380 g/mol. The molecule has 0 saturated heterocycles. The molecule has 1 aromatic rings. The SMILES string of the molecule is CC(=O)C(Br)c1cccc(CBr)c1C(O)C(=O)O. The van der Waals surface area contributed by atoms with Crippen molar-refractivity contribution in [2.45, 2.75) is 23.2 Å². The van der Waals surface area contributed by atoms with Crippen LogP contribution >= 0.6 is 31.9 Å². The van der Waals surface area contributed by atoms with Gasteiger partial charge in [-0.2, -0.15) is 0 Å². The van der Waals surface area contributed by atoms with Crippen LogP contribution in [-0.4, -0.2) is 22.0 Å². The number of hydrogen-bond acceptors (Lipinski definition) is 3. The van der Waals surface area contributed by atoms with Gasteiger partial charge in [-0.3, -0.25) is 4.79 Å². The van der Waals surface area contributed by atoms with Crippen molar-refractivity contribution in [3.05, 3.63) is 34.9 Å². The summed E-state index contributed by atoms with van der Waals surface area (Å²) in [6, 6.07) is 5.06. The third-order valence-corrected chi connectivity index (χ3v) is 4.25. The Morgan fingerprint density at radius 2 is 2.00 bits per heavy atom. The van der Waals surface area contributed by atoms with E-state index in [0.29, 0.717) is 16.5 Å². The minimum absolute atomic E-state index is 0.152. The van der Waals surface area contributed by atoms with Gasteiger partial charge in [-0.05, 0) is 18.1 Å². The Morgan fingerprint density at radius 1 is 1.39 bits per heavy atom. The monoisotopic (exact) mass is 378 g/mol. The molecule has 0 bridgehead atoms. The fourth-order valence-corrected chi connectivity index (χ4v) is 2.53. The minimum atomic E-state index is -1.65. The number of carbonyl (C=O) groups is 2. The van der Waals surface area contributed by atoms with Gasteiger partial charge in [0.2, 0.25) is 0 Å². The highest BCUT2D eigenvalue weighted by atomic mass is 79.9. The molecule has 98 valence electrons. The van der Waals surface area contributed by atoms with Crippen LogP contribution in [0.3, 0.4) is 0 Å². The summed E-state index contributed by atoms with van der Waals surface area (Å²) in [5.41, 5.74) is 1.39. The molecular formula is C12H12Br2O4. The predicted octanol–water partition coefficient (Wildman–Crippen LogP) is 2.72. The fourth-order valence-electron chi connectivity index (χ4n) is 1.65. The first-order valence-electron chi connectivity index (χ1n) is 5.13. The Labute approximate surface area is 121 Å². The van der Waals surface area contributed by atoms with E-state index in [1.165, 1.54) is 6.92 Å². The number of halogens is 2. The van der Waals surface area contributed by atoms with E-state index in [0.717, 1.165) is 0 Å². The van der Waals surface area contributed by atoms with Crippen LogP contribution in [0.15, 0.2) is 18.2 Å². The quantitative estimate of drug-likeness (QED) is 0.771. The van der Waals surface area contributed by atoms with Gasteiger partial charge in [0.15, 0.2) is 6.10 Å². The van der Waals surface area contributed by atoms with Crippen LogP contribution in [0.2, 0.25) is 0 Å².